The van der Waals surface area contributed by atoms with Crippen LogP contribution in [0.15, 0.2) is 11.4 Å². The molecule has 0 spiro atoms. The largest absolute Gasteiger partial charge is 0.312 e. The van der Waals surface area contributed by atoms with Crippen molar-refractivity contribution in [2.45, 2.75) is 13.1 Å². The quantitative estimate of drug-likeness (QED) is 0.480. The first kappa shape index (κ1) is 12.4. The summed E-state index contributed by atoms with van der Waals surface area (Å²) < 4.78 is 0. The van der Waals surface area contributed by atoms with E-state index in [9.17, 15) is 0 Å². The molecule has 0 atom stereocenters. The molecular weight excluding hydrogens is 200 g/mol. The fraction of sp³-hybridized carbons (Fsp3) is 0.167. The van der Waals surface area contributed by atoms with Crippen LogP contribution in [0.2, 0.25) is 13.1 Å². The van der Waals surface area contributed by atoms with Crippen LogP contribution >= 0.6 is 0 Å². The lowest BCUT2D eigenvalue weighted by Crippen LogP contribution is -2.30. The first-order chi connectivity index (χ1) is 6.45. The van der Waals surface area contributed by atoms with Gasteiger partial charge in [0.25, 0.3) is 0 Å². The molecule has 0 aliphatic heterocycles. The van der Waals surface area contributed by atoms with Crippen LogP contribution in [0, 0.1) is 47.9 Å². The van der Waals surface area contributed by atoms with Gasteiger partial charge in [0, 0.05) is 0 Å². The summed E-state index contributed by atoms with van der Waals surface area (Å²) >= 11 is 0. The maximum atomic E-state index is 5.38. The number of hydrogen-bond donors (Lipinski definition) is 0. The van der Waals surface area contributed by atoms with Crippen LogP contribution in [0.5, 0.6) is 0 Å². The zero-order valence-electron chi connectivity index (χ0n) is 8.46. The fourth-order valence-electron chi connectivity index (χ4n) is 0.651. The summed E-state index contributed by atoms with van der Waals surface area (Å²) in [6.45, 7) is 4.07. The molecule has 2 heteroatoms. The minimum absolute atomic E-state index is 1.74. The van der Waals surface area contributed by atoms with Crippen molar-refractivity contribution in [2.75, 3.05) is 0 Å². The second-order valence-corrected chi connectivity index (χ2v) is 10.3. The number of rotatable bonds is 2. The van der Waals surface area contributed by atoms with Crippen LogP contribution in [-0.4, -0.2) is 16.1 Å². The first-order valence-electron chi connectivity index (χ1n) is 4.07. The molecule has 0 bridgehead atoms. The van der Waals surface area contributed by atoms with Gasteiger partial charge in [0.15, 0.2) is 8.07 Å². The molecule has 0 fully saturated rings. The Balaban J connectivity index is 5.07. The summed E-state index contributed by atoms with van der Waals surface area (Å²) in [5, 5.41) is 0. The SMILES string of the molecule is C#C[Si](C)(C)/C=C/[Si](C#C)(C#C)C#C. The Kier molecular flexibility index (Phi) is 4.07. The van der Waals surface area contributed by atoms with E-state index in [2.05, 4.69) is 22.2 Å². The Bertz CT molecular complexity index is 364. The van der Waals surface area contributed by atoms with Crippen LogP contribution < -0.4 is 0 Å². The standard InChI is InChI=1S/C12H12Si2/c1-7-13(5,6)11-12-14(8-2,9-3)10-4/h1-4,11-12H,5-6H3/b12-11+. The van der Waals surface area contributed by atoms with Crippen molar-refractivity contribution in [2.24, 2.45) is 0 Å². The van der Waals surface area contributed by atoms with Crippen molar-refractivity contribution in [3.63, 3.8) is 0 Å². The Hall–Kier alpha value is -1.59. The van der Waals surface area contributed by atoms with Gasteiger partial charge < -0.3 is 0 Å². The third-order valence-electron chi connectivity index (χ3n) is 1.81. The summed E-state index contributed by atoms with van der Waals surface area (Å²) in [4.78, 5) is 0. The molecule has 0 aromatic heterocycles. The van der Waals surface area contributed by atoms with Gasteiger partial charge in [0.2, 0.25) is 0 Å². The summed E-state index contributed by atoms with van der Waals surface area (Å²) in [7, 11) is -4.24. The minimum atomic E-state index is -2.50. The maximum Gasteiger partial charge on any atom is 0.312 e. The van der Waals surface area contributed by atoms with Crippen LogP contribution in [0.4, 0.5) is 0 Å². The van der Waals surface area contributed by atoms with Gasteiger partial charge in [0.1, 0.15) is 0 Å². The predicted octanol–water partition coefficient (Wildman–Crippen LogP) is 1.47. The molecule has 68 valence electrons. The van der Waals surface area contributed by atoms with Gasteiger partial charge in [-0.3, -0.25) is 0 Å². The highest BCUT2D eigenvalue weighted by atomic mass is 28.3. The van der Waals surface area contributed by atoms with Gasteiger partial charge in [-0.2, -0.15) is 0 Å². The normalized spacial score (nSPS) is 11.0. The average Bonchev–Trinajstić information content (AvgIpc) is 2.21. The summed E-state index contributed by atoms with van der Waals surface area (Å²) in [5.74, 6) is 0. The fourth-order valence-corrected chi connectivity index (χ4v) is 3.95. The highest BCUT2D eigenvalue weighted by molar-refractivity contribution is 7.05. The van der Waals surface area contributed by atoms with Crippen LogP contribution in [0.3, 0.4) is 0 Å². The summed E-state index contributed by atoms with van der Waals surface area (Å²) in [6, 6.07) is 0. The zero-order chi connectivity index (χ0) is 11.2. The second kappa shape index (κ2) is 4.59. The van der Waals surface area contributed by atoms with Crippen LogP contribution in [0.1, 0.15) is 0 Å². The molecule has 0 amide bonds. The van der Waals surface area contributed by atoms with E-state index < -0.39 is 16.1 Å². The summed E-state index contributed by atoms with van der Waals surface area (Å²) in [6.07, 6.45) is 21.4. The predicted molar refractivity (Wildman–Crippen MR) is 67.7 cm³/mol. The third kappa shape index (κ3) is 3.04. The lowest BCUT2D eigenvalue weighted by atomic mass is 11.2. The van der Waals surface area contributed by atoms with Crippen molar-refractivity contribution < 1.29 is 0 Å². The third-order valence-corrected chi connectivity index (χ3v) is 5.92. The van der Waals surface area contributed by atoms with E-state index in [0.717, 1.165) is 0 Å². The molecule has 0 unspecified atom stereocenters. The van der Waals surface area contributed by atoms with Gasteiger partial charge >= 0.3 is 8.07 Å². The Morgan fingerprint density at radius 2 is 1.21 bits per heavy atom. The molecule has 14 heavy (non-hydrogen) atoms. The highest BCUT2D eigenvalue weighted by Crippen LogP contribution is 2.06. The topological polar surface area (TPSA) is 0 Å². The molecule has 0 aliphatic rings. The van der Waals surface area contributed by atoms with Crippen LogP contribution in [-0.2, 0) is 0 Å². The van der Waals surface area contributed by atoms with Gasteiger partial charge in [-0.25, -0.2) is 0 Å². The molecule has 0 saturated heterocycles. The first-order valence-corrected chi connectivity index (χ1v) is 9.22. The van der Waals surface area contributed by atoms with Crippen molar-refractivity contribution in [1.29, 1.82) is 0 Å². The van der Waals surface area contributed by atoms with E-state index in [1.807, 2.05) is 24.5 Å². The van der Waals surface area contributed by atoms with E-state index in [4.69, 9.17) is 25.7 Å². The molecule has 0 heterocycles. The smallest absolute Gasteiger partial charge is 0.130 e. The average molecular weight is 212 g/mol. The maximum absolute atomic E-state index is 5.38. The van der Waals surface area contributed by atoms with Gasteiger partial charge in [-0.1, -0.05) is 41.1 Å². The van der Waals surface area contributed by atoms with Gasteiger partial charge in [0.05, 0.1) is 0 Å². The van der Waals surface area contributed by atoms with Crippen molar-refractivity contribution >= 4 is 16.1 Å². The minimum Gasteiger partial charge on any atom is -0.130 e. The molecule has 0 radical (unpaired) electrons. The van der Waals surface area contributed by atoms with Crippen molar-refractivity contribution in [3.05, 3.63) is 11.4 Å². The lowest BCUT2D eigenvalue weighted by Gasteiger charge is -2.10. The monoisotopic (exact) mass is 212 g/mol. The molecular formula is C12H12Si2. The Labute approximate surface area is 88.8 Å². The Morgan fingerprint density at radius 1 is 0.786 bits per heavy atom. The van der Waals surface area contributed by atoms with Crippen molar-refractivity contribution in [1.82, 2.24) is 0 Å². The molecule has 0 N–H and O–H groups in total. The lowest BCUT2D eigenvalue weighted by molar-refractivity contribution is 1.89. The van der Waals surface area contributed by atoms with E-state index in [1.54, 1.807) is 0 Å². The molecule has 0 nitrogen and oxygen atoms in total. The van der Waals surface area contributed by atoms with E-state index >= 15 is 0 Å². The Morgan fingerprint density at radius 3 is 1.50 bits per heavy atom. The second-order valence-electron chi connectivity index (χ2n) is 3.44. The van der Waals surface area contributed by atoms with E-state index in [0.29, 0.717) is 0 Å². The molecule has 0 saturated carbocycles. The van der Waals surface area contributed by atoms with Gasteiger partial charge in [-0.15, -0.1) is 31.2 Å². The van der Waals surface area contributed by atoms with Crippen molar-refractivity contribution in [3.8, 4) is 47.9 Å². The molecule has 0 aromatic rings. The highest BCUT2D eigenvalue weighted by Gasteiger charge is 2.24. The van der Waals surface area contributed by atoms with E-state index in [1.165, 1.54) is 0 Å². The molecule has 0 rings (SSSR count). The zero-order valence-corrected chi connectivity index (χ0v) is 10.5. The van der Waals surface area contributed by atoms with Crippen LogP contribution in [0.25, 0.3) is 0 Å². The molecule has 0 aliphatic carbocycles. The number of terminal acetylenes is 4. The van der Waals surface area contributed by atoms with Gasteiger partial charge in [-0.05, 0) is 0 Å². The molecule has 0 aromatic carbocycles. The number of hydrogen-bond acceptors (Lipinski definition) is 0. The summed E-state index contributed by atoms with van der Waals surface area (Å²) in [5.41, 5.74) is 14.2. The van der Waals surface area contributed by atoms with E-state index in [-0.39, 0.29) is 0 Å².